The number of hydrogen-bond donors (Lipinski definition) is 3. The monoisotopic (exact) mass is 371 g/mol. The number of carbonyl (C=O) groups excluding carboxylic acids is 2. The number of halogens is 1. The summed E-state index contributed by atoms with van der Waals surface area (Å²) in [7, 11) is 0. The van der Waals surface area contributed by atoms with Crippen molar-refractivity contribution >= 4 is 34.8 Å². The van der Waals surface area contributed by atoms with Crippen LogP contribution in [0, 0.1) is 5.92 Å². The third-order valence-electron chi connectivity index (χ3n) is 4.51. The van der Waals surface area contributed by atoms with E-state index in [2.05, 4.69) is 22.9 Å². The molecule has 2 amide bonds. The van der Waals surface area contributed by atoms with E-state index in [4.69, 9.17) is 11.6 Å². The highest BCUT2D eigenvalue weighted by molar-refractivity contribution is 6.30. The fraction of sp³-hybridized carbons (Fsp3) is 0.300. The average molecular weight is 372 g/mol. The summed E-state index contributed by atoms with van der Waals surface area (Å²) in [5.41, 5.74) is 1.93. The van der Waals surface area contributed by atoms with E-state index >= 15 is 0 Å². The van der Waals surface area contributed by atoms with Crippen molar-refractivity contribution in [2.45, 2.75) is 25.8 Å². The average Bonchev–Trinajstić information content (AvgIpc) is 2.64. The number of rotatable bonds is 4. The zero-order valence-corrected chi connectivity index (χ0v) is 15.3. The van der Waals surface area contributed by atoms with Crippen molar-refractivity contribution in [3.63, 3.8) is 0 Å². The third kappa shape index (κ3) is 4.84. The molecule has 2 atom stereocenters. The van der Waals surface area contributed by atoms with Crippen molar-refractivity contribution in [2.75, 3.05) is 17.2 Å². The number of benzene rings is 2. The number of amides is 2. The van der Waals surface area contributed by atoms with Crippen molar-refractivity contribution in [2.24, 2.45) is 5.92 Å². The molecule has 0 unspecified atom stereocenters. The maximum absolute atomic E-state index is 12.4. The van der Waals surface area contributed by atoms with E-state index in [-0.39, 0.29) is 17.7 Å². The van der Waals surface area contributed by atoms with Crippen LogP contribution in [-0.2, 0) is 4.79 Å². The standard InChI is InChI=1S/C20H22ClN3O2/c1-13-12-15(10-11-22-13)20(26)24-18-8-6-17(7-9-18)23-19(25)14-2-4-16(21)5-3-14/h2-9,13,15,22H,10-12H2,1H3,(H,23,25)(H,24,26)/t13-,15-/m0/s1. The first kappa shape index (κ1) is 18.4. The minimum atomic E-state index is -0.206. The highest BCUT2D eigenvalue weighted by atomic mass is 35.5. The van der Waals surface area contributed by atoms with Gasteiger partial charge < -0.3 is 16.0 Å². The molecule has 1 fully saturated rings. The van der Waals surface area contributed by atoms with E-state index in [1.54, 1.807) is 48.5 Å². The molecular formula is C20H22ClN3O2. The molecule has 26 heavy (non-hydrogen) atoms. The number of hydrogen-bond acceptors (Lipinski definition) is 3. The van der Waals surface area contributed by atoms with Crippen LogP contribution in [0.3, 0.4) is 0 Å². The molecule has 0 aromatic heterocycles. The fourth-order valence-electron chi connectivity index (χ4n) is 3.06. The Morgan fingerprint density at radius 2 is 1.62 bits per heavy atom. The minimum Gasteiger partial charge on any atom is -0.326 e. The van der Waals surface area contributed by atoms with Gasteiger partial charge in [-0.15, -0.1) is 0 Å². The Morgan fingerprint density at radius 3 is 2.23 bits per heavy atom. The molecule has 3 rings (SSSR count). The lowest BCUT2D eigenvalue weighted by Crippen LogP contribution is -2.40. The second kappa shape index (κ2) is 8.34. The topological polar surface area (TPSA) is 70.2 Å². The first-order chi connectivity index (χ1) is 12.5. The highest BCUT2D eigenvalue weighted by Crippen LogP contribution is 2.20. The Kier molecular flexibility index (Phi) is 5.91. The van der Waals surface area contributed by atoms with Gasteiger partial charge in [0.2, 0.25) is 5.91 Å². The van der Waals surface area contributed by atoms with Crippen LogP contribution >= 0.6 is 11.6 Å². The molecule has 6 heteroatoms. The molecule has 0 bridgehead atoms. The maximum atomic E-state index is 12.4. The van der Waals surface area contributed by atoms with E-state index in [9.17, 15) is 9.59 Å². The van der Waals surface area contributed by atoms with Gasteiger partial charge >= 0.3 is 0 Å². The molecule has 0 radical (unpaired) electrons. The molecule has 0 saturated carbocycles. The summed E-state index contributed by atoms with van der Waals surface area (Å²) >= 11 is 5.83. The Bertz CT molecular complexity index is 775. The zero-order valence-electron chi connectivity index (χ0n) is 14.6. The number of piperidine rings is 1. The van der Waals surface area contributed by atoms with Crippen molar-refractivity contribution in [1.82, 2.24) is 5.32 Å². The highest BCUT2D eigenvalue weighted by Gasteiger charge is 2.24. The van der Waals surface area contributed by atoms with Gasteiger partial charge in [-0.3, -0.25) is 9.59 Å². The van der Waals surface area contributed by atoms with Crippen LogP contribution in [-0.4, -0.2) is 24.4 Å². The second-order valence-corrected chi connectivity index (χ2v) is 7.04. The summed E-state index contributed by atoms with van der Waals surface area (Å²) in [6.07, 6.45) is 1.70. The predicted octanol–water partition coefficient (Wildman–Crippen LogP) is 3.92. The lowest BCUT2D eigenvalue weighted by molar-refractivity contribution is -0.120. The van der Waals surface area contributed by atoms with Gasteiger partial charge in [0.25, 0.3) is 5.91 Å². The van der Waals surface area contributed by atoms with Crippen molar-refractivity contribution in [1.29, 1.82) is 0 Å². The first-order valence-electron chi connectivity index (χ1n) is 8.72. The molecule has 1 saturated heterocycles. The number of anilines is 2. The van der Waals surface area contributed by atoms with Crippen molar-refractivity contribution in [3.05, 3.63) is 59.1 Å². The molecule has 1 aliphatic rings. The molecule has 3 N–H and O–H groups in total. The molecule has 136 valence electrons. The van der Waals surface area contributed by atoms with Crippen LogP contribution in [0.25, 0.3) is 0 Å². The Balaban J connectivity index is 1.57. The maximum Gasteiger partial charge on any atom is 0.255 e. The Hall–Kier alpha value is -2.37. The van der Waals surface area contributed by atoms with Gasteiger partial charge in [0.05, 0.1) is 0 Å². The lowest BCUT2D eigenvalue weighted by atomic mass is 9.92. The number of carbonyl (C=O) groups is 2. The van der Waals surface area contributed by atoms with Gasteiger partial charge in [-0.2, -0.15) is 0 Å². The fourth-order valence-corrected chi connectivity index (χ4v) is 3.18. The van der Waals surface area contributed by atoms with Crippen LogP contribution in [0.4, 0.5) is 11.4 Å². The third-order valence-corrected chi connectivity index (χ3v) is 4.76. The summed E-state index contributed by atoms with van der Waals surface area (Å²) in [6.45, 7) is 2.96. The molecule has 2 aromatic carbocycles. The van der Waals surface area contributed by atoms with Crippen LogP contribution < -0.4 is 16.0 Å². The molecule has 2 aromatic rings. The summed E-state index contributed by atoms with van der Waals surface area (Å²) in [5, 5.41) is 9.71. The summed E-state index contributed by atoms with van der Waals surface area (Å²) < 4.78 is 0. The van der Waals surface area contributed by atoms with Crippen LogP contribution in [0.5, 0.6) is 0 Å². The molecule has 0 aliphatic carbocycles. The molecule has 5 nitrogen and oxygen atoms in total. The van der Waals surface area contributed by atoms with Gasteiger partial charge in [-0.05, 0) is 74.8 Å². The van der Waals surface area contributed by atoms with Gasteiger partial charge in [0.1, 0.15) is 0 Å². The summed E-state index contributed by atoms with van der Waals surface area (Å²) in [5.74, 6) is -0.117. The second-order valence-electron chi connectivity index (χ2n) is 6.60. The van der Waals surface area contributed by atoms with E-state index < -0.39 is 0 Å². The lowest BCUT2D eigenvalue weighted by Gasteiger charge is -2.27. The van der Waals surface area contributed by atoms with Gasteiger partial charge in [0.15, 0.2) is 0 Å². The van der Waals surface area contributed by atoms with E-state index in [1.165, 1.54) is 0 Å². The van der Waals surface area contributed by atoms with Crippen LogP contribution in [0.2, 0.25) is 5.02 Å². The molecule has 1 heterocycles. The summed E-state index contributed by atoms with van der Waals surface area (Å²) in [4.78, 5) is 24.6. The van der Waals surface area contributed by atoms with E-state index in [0.717, 1.165) is 25.1 Å². The molecule has 1 aliphatic heterocycles. The van der Waals surface area contributed by atoms with Crippen LogP contribution in [0.15, 0.2) is 48.5 Å². The Morgan fingerprint density at radius 1 is 1.00 bits per heavy atom. The normalized spacial score (nSPS) is 19.6. The summed E-state index contributed by atoms with van der Waals surface area (Å²) in [6, 6.07) is 14.2. The predicted molar refractivity (Wildman–Crippen MR) is 105 cm³/mol. The Labute approximate surface area is 158 Å². The van der Waals surface area contributed by atoms with E-state index in [1.807, 2.05) is 0 Å². The van der Waals surface area contributed by atoms with Crippen molar-refractivity contribution < 1.29 is 9.59 Å². The smallest absolute Gasteiger partial charge is 0.255 e. The molecule has 0 spiro atoms. The largest absolute Gasteiger partial charge is 0.326 e. The first-order valence-corrected chi connectivity index (χ1v) is 9.10. The molecular weight excluding hydrogens is 350 g/mol. The minimum absolute atomic E-state index is 0.0375. The van der Waals surface area contributed by atoms with E-state index in [0.29, 0.717) is 22.3 Å². The SMILES string of the molecule is C[C@H]1C[C@@H](C(=O)Nc2ccc(NC(=O)c3ccc(Cl)cc3)cc2)CCN1. The zero-order chi connectivity index (χ0) is 18.5. The van der Waals surface area contributed by atoms with Crippen molar-refractivity contribution in [3.8, 4) is 0 Å². The van der Waals surface area contributed by atoms with Gasteiger partial charge in [0, 0.05) is 33.9 Å². The van der Waals surface area contributed by atoms with Gasteiger partial charge in [-0.25, -0.2) is 0 Å². The number of nitrogens with one attached hydrogen (secondary N) is 3. The van der Waals surface area contributed by atoms with Crippen LogP contribution in [0.1, 0.15) is 30.1 Å². The quantitative estimate of drug-likeness (QED) is 0.762. The van der Waals surface area contributed by atoms with Gasteiger partial charge in [-0.1, -0.05) is 11.6 Å².